The number of methoxy groups -OCH3 is 1. The number of anilines is 1. The molecule has 0 unspecified atom stereocenters. The zero-order valence-electron chi connectivity index (χ0n) is 12.1. The second-order valence-corrected chi connectivity index (χ2v) is 5.52. The Morgan fingerprint density at radius 2 is 2.05 bits per heavy atom. The van der Waals surface area contributed by atoms with Crippen LogP contribution in [-0.2, 0) is 4.74 Å². The van der Waals surface area contributed by atoms with Gasteiger partial charge in [-0.05, 0) is 43.9 Å². The topological polar surface area (TPSA) is 38.3 Å². The monoisotopic (exact) mass is 279 g/mol. The van der Waals surface area contributed by atoms with Crippen molar-refractivity contribution in [2.45, 2.75) is 45.1 Å². The third-order valence-corrected chi connectivity index (χ3v) is 4.13. The Morgan fingerprint density at radius 1 is 1.35 bits per heavy atom. The summed E-state index contributed by atoms with van der Waals surface area (Å²) in [5, 5.41) is 3.24. The molecule has 0 bridgehead atoms. The summed E-state index contributed by atoms with van der Waals surface area (Å²) in [4.78, 5) is 11.3. The van der Waals surface area contributed by atoms with Gasteiger partial charge in [0.2, 0.25) is 0 Å². The van der Waals surface area contributed by atoms with E-state index in [2.05, 4.69) is 17.0 Å². The number of nitrogens with one attached hydrogen (secondary N) is 1. The first-order valence-electron chi connectivity index (χ1n) is 7.26. The van der Waals surface area contributed by atoms with Gasteiger partial charge in [-0.1, -0.05) is 19.3 Å². The van der Waals surface area contributed by atoms with Crippen LogP contribution in [0.15, 0.2) is 18.2 Å². The van der Waals surface area contributed by atoms with E-state index in [9.17, 15) is 9.18 Å². The van der Waals surface area contributed by atoms with E-state index in [1.165, 1.54) is 45.3 Å². The fourth-order valence-electron chi connectivity index (χ4n) is 2.87. The summed E-state index contributed by atoms with van der Waals surface area (Å²) in [6.07, 6.45) is 6.25. The molecule has 1 aromatic carbocycles. The molecule has 0 spiro atoms. The Labute approximate surface area is 119 Å². The van der Waals surface area contributed by atoms with Crippen molar-refractivity contribution in [3.63, 3.8) is 0 Å². The summed E-state index contributed by atoms with van der Waals surface area (Å²) in [5.41, 5.74) is 0.691. The molecular weight excluding hydrogens is 257 g/mol. The Bertz CT molecular complexity index is 470. The van der Waals surface area contributed by atoms with Crippen LogP contribution < -0.4 is 5.32 Å². The SMILES string of the molecule is COC(=O)c1ccc(N[C@H](C)C2CCCCC2)c(F)c1. The van der Waals surface area contributed by atoms with Crippen LogP contribution in [0.2, 0.25) is 0 Å². The normalized spacial score (nSPS) is 17.6. The first kappa shape index (κ1) is 14.8. The van der Waals surface area contributed by atoms with Gasteiger partial charge in [-0.15, -0.1) is 0 Å². The van der Waals surface area contributed by atoms with Crippen molar-refractivity contribution >= 4 is 11.7 Å². The lowest BCUT2D eigenvalue weighted by Crippen LogP contribution is -2.28. The van der Waals surface area contributed by atoms with Crippen LogP contribution >= 0.6 is 0 Å². The predicted molar refractivity (Wildman–Crippen MR) is 77.4 cm³/mol. The number of carbonyl (C=O) groups excluding carboxylic acids is 1. The van der Waals surface area contributed by atoms with E-state index in [0.29, 0.717) is 11.6 Å². The quantitative estimate of drug-likeness (QED) is 0.847. The minimum Gasteiger partial charge on any atom is -0.465 e. The Hall–Kier alpha value is -1.58. The molecule has 1 aromatic rings. The van der Waals surface area contributed by atoms with E-state index in [0.717, 1.165) is 0 Å². The van der Waals surface area contributed by atoms with E-state index in [1.54, 1.807) is 12.1 Å². The molecule has 0 aromatic heterocycles. The van der Waals surface area contributed by atoms with Gasteiger partial charge in [-0.2, -0.15) is 0 Å². The number of carbonyl (C=O) groups is 1. The standard InChI is InChI=1S/C16H22FNO2/c1-11(12-6-4-3-5-7-12)18-15-9-8-13(10-14(15)17)16(19)20-2/h8-12,18H,3-7H2,1-2H3/t11-/m1/s1. The lowest BCUT2D eigenvalue weighted by molar-refractivity contribution is 0.0600. The number of benzene rings is 1. The summed E-state index contributed by atoms with van der Waals surface area (Å²) < 4.78 is 18.6. The summed E-state index contributed by atoms with van der Waals surface area (Å²) in [6.45, 7) is 2.10. The van der Waals surface area contributed by atoms with Gasteiger partial charge < -0.3 is 10.1 Å². The van der Waals surface area contributed by atoms with Crippen LogP contribution in [0.3, 0.4) is 0 Å². The average Bonchev–Trinajstić information content (AvgIpc) is 2.49. The second-order valence-electron chi connectivity index (χ2n) is 5.52. The Morgan fingerprint density at radius 3 is 2.65 bits per heavy atom. The Kier molecular flexibility index (Phi) is 4.99. The fraction of sp³-hybridized carbons (Fsp3) is 0.562. The van der Waals surface area contributed by atoms with Gasteiger partial charge in [-0.25, -0.2) is 9.18 Å². The zero-order chi connectivity index (χ0) is 14.5. The highest BCUT2D eigenvalue weighted by atomic mass is 19.1. The zero-order valence-corrected chi connectivity index (χ0v) is 12.1. The van der Waals surface area contributed by atoms with Crippen molar-refractivity contribution in [2.24, 2.45) is 5.92 Å². The number of hydrogen-bond acceptors (Lipinski definition) is 3. The molecular formula is C16H22FNO2. The van der Waals surface area contributed by atoms with Crippen molar-refractivity contribution < 1.29 is 13.9 Å². The van der Waals surface area contributed by atoms with Gasteiger partial charge in [0.25, 0.3) is 0 Å². The number of ether oxygens (including phenoxy) is 1. The van der Waals surface area contributed by atoms with Crippen LogP contribution in [0, 0.1) is 11.7 Å². The first-order valence-corrected chi connectivity index (χ1v) is 7.26. The molecule has 0 aliphatic heterocycles. The number of esters is 1. The average molecular weight is 279 g/mol. The molecule has 4 heteroatoms. The van der Waals surface area contributed by atoms with Crippen LogP contribution in [0.5, 0.6) is 0 Å². The van der Waals surface area contributed by atoms with Crippen molar-refractivity contribution in [2.75, 3.05) is 12.4 Å². The number of rotatable bonds is 4. The van der Waals surface area contributed by atoms with Crippen molar-refractivity contribution in [3.8, 4) is 0 Å². The molecule has 3 nitrogen and oxygen atoms in total. The summed E-state index contributed by atoms with van der Waals surface area (Å²) in [7, 11) is 1.29. The molecule has 1 N–H and O–H groups in total. The van der Waals surface area contributed by atoms with Crippen molar-refractivity contribution in [3.05, 3.63) is 29.6 Å². The third kappa shape index (κ3) is 3.50. The molecule has 2 rings (SSSR count). The van der Waals surface area contributed by atoms with Gasteiger partial charge in [0.1, 0.15) is 5.82 Å². The molecule has 110 valence electrons. The molecule has 0 amide bonds. The molecule has 1 aliphatic carbocycles. The van der Waals surface area contributed by atoms with E-state index in [-0.39, 0.29) is 11.6 Å². The van der Waals surface area contributed by atoms with Crippen LogP contribution in [0.4, 0.5) is 10.1 Å². The number of hydrogen-bond donors (Lipinski definition) is 1. The molecule has 1 atom stereocenters. The lowest BCUT2D eigenvalue weighted by atomic mass is 9.84. The maximum atomic E-state index is 14.0. The van der Waals surface area contributed by atoms with E-state index < -0.39 is 11.8 Å². The van der Waals surface area contributed by atoms with Gasteiger partial charge in [-0.3, -0.25) is 0 Å². The van der Waals surface area contributed by atoms with Gasteiger partial charge in [0.15, 0.2) is 0 Å². The largest absolute Gasteiger partial charge is 0.465 e. The molecule has 1 aliphatic rings. The predicted octanol–water partition coefficient (Wildman–Crippen LogP) is 3.99. The summed E-state index contributed by atoms with van der Waals surface area (Å²) in [6, 6.07) is 4.67. The van der Waals surface area contributed by atoms with E-state index >= 15 is 0 Å². The van der Waals surface area contributed by atoms with Crippen LogP contribution in [-0.4, -0.2) is 19.1 Å². The molecule has 0 saturated heterocycles. The highest BCUT2D eigenvalue weighted by Gasteiger charge is 2.21. The van der Waals surface area contributed by atoms with E-state index in [1.807, 2.05) is 0 Å². The molecule has 0 heterocycles. The highest BCUT2D eigenvalue weighted by molar-refractivity contribution is 5.89. The summed E-state index contributed by atoms with van der Waals surface area (Å²) >= 11 is 0. The maximum Gasteiger partial charge on any atom is 0.337 e. The molecule has 0 radical (unpaired) electrons. The lowest BCUT2D eigenvalue weighted by Gasteiger charge is -2.29. The molecule has 1 saturated carbocycles. The first-order chi connectivity index (χ1) is 9.61. The Balaban J connectivity index is 2.03. The minimum absolute atomic E-state index is 0.237. The minimum atomic E-state index is -0.518. The highest BCUT2D eigenvalue weighted by Crippen LogP contribution is 2.28. The number of halogens is 1. The smallest absolute Gasteiger partial charge is 0.337 e. The van der Waals surface area contributed by atoms with E-state index in [4.69, 9.17) is 0 Å². The summed E-state index contributed by atoms with van der Waals surface area (Å²) in [5.74, 6) is -0.324. The van der Waals surface area contributed by atoms with Crippen molar-refractivity contribution in [1.82, 2.24) is 0 Å². The second kappa shape index (κ2) is 6.73. The van der Waals surface area contributed by atoms with Gasteiger partial charge in [0, 0.05) is 6.04 Å². The third-order valence-electron chi connectivity index (χ3n) is 4.13. The van der Waals surface area contributed by atoms with Crippen LogP contribution in [0.1, 0.15) is 49.4 Å². The maximum absolute atomic E-state index is 14.0. The van der Waals surface area contributed by atoms with Crippen LogP contribution in [0.25, 0.3) is 0 Å². The van der Waals surface area contributed by atoms with Gasteiger partial charge >= 0.3 is 5.97 Å². The van der Waals surface area contributed by atoms with Crippen molar-refractivity contribution in [1.29, 1.82) is 0 Å². The molecule has 20 heavy (non-hydrogen) atoms. The molecule has 1 fully saturated rings. The fourth-order valence-corrected chi connectivity index (χ4v) is 2.87. The van der Waals surface area contributed by atoms with Gasteiger partial charge in [0.05, 0.1) is 18.4 Å².